The molecule has 1 fully saturated rings. The molecule has 3 heteroatoms. The molecule has 0 amide bonds. The zero-order chi connectivity index (χ0) is 12.5. The van der Waals surface area contributed by atoms with Crippen LogP contribution in [0.1, 0.15) is 24.8 Å². The molecule has 3 atom stereocenters. The van der Waals surface area contributed by atoms with Gasteiger partial charge in [0.15, 0.2) is 6.29 Å². The van der Waals surface area contributed by atoms with Crippen molar-refractivity contribution in [2.45, 2.75) is 31.2 Å². The lowest BCUT2D eigenvalue weighted by atomic mass is 9.95. The SMILES string of the molecule is COC(OC)C(C)(O)C1CC1c1ccccc1. The fourth-order valence-electron chi connectivity index (χ4n) is 2.66. The zero-order valence-electron chi connectivity index (χ0n) is 10.6. The van der Waals surface area contributed by atoms with Crippen molar-refractivity contribution >= 4 is 0 Å². The first kappa shape index (κ1) is 12.6. The summed E-state index contributed by atoms with van der Waals surface area (Å²) in [5.74, 6) is 0.619. The highest BCUT2D eigenvalue weighted by Gasteiger charge is 2.54. The van der Waals surface area contributed by atoms with Crippen molar-refractivity contribution in [2.24, 2.45) is 5.92 Å². The summed E-state index contributed by atoms with van der Waals surface area (Å²) in [6.07, 6.45) is 0.418. The van der Waals surface area contributed by atoms with E-state index in [2.05, 4.69) is 12.1 Å². The van der Waals surface area contributed by atoms with E-state index >= 15 is 0 Å². The van der Waals surface area contributed by atoms with Gasteiger partial charge < -0.3 is 14.6 Å². The number of ether oxygens (including phenoxy) is 2. The van der Waals surface area contributed by atoms with E-state index in [-0.39, 0.29) is 5.92 Å². The number of aliphatic hydroxyl groups is 1. The van der Waals surface area contributed by atoms with Crippen molar-refractivity contribution in [1.82, 2.24) is 0 Å². The fourth-order valence-corrected chi connectivity index (χ4v) is 2.66. The van der Waals surface area contributed by atoms with Crippen LogP contribution in [0.25, 0.3) is 0 Å². The summed E-state index contributed by atoms with van der Waals surface area (Å²) in [4.78, 5) is 0. The number of hydrogen-bond donors (Lipinski definition) is 1. The van der Waals surface area contributed by atoms with Crippen molar-refractivity contribution < 1.29 is 14.6 Å². The van der Waals surface area contributed by atoms with E-state index in [4.69, 9.17) is 9.47 Å². The average molecular weight is 236 g/mol. The van der Waals surface area contributed by atoms with Gasteiger partial charge in [0.1, 0.15) is 5.60 Å². The molecule has 0 radical (unpaired) electrons. The Labute approximate surface area is 102 Å². The second-order valence-electron chi connectivity index (χ2n) is 4.89. The Morgan fingerprint density at radius 3 is 2.35 bits per heavy atom. The molecule has 1 N–H and O–H groups in total. The standard InChI is InChI=1S/C14H20O3/c1-14(15,13(16-2)17-3)12-9-11(12)10-7-5-4-6-8-10/h4-8,11-13,15H,9H2,1-3H3. The molecule has 1 aliphatic carbocycles. The van der Waals surface area contributed by atoms with Crippen LogP contribution >= 0.6 is 0 Å². The van der Waals surface area contributed by atoms with Gasteiger partial charge in [-0.1, -0.05) is 30.3 Å². The van der Waals surface area contributed by atoms with Crippen LogP contribution in [0.4, 0.5) is 0 Å². The smallest absolute Gasteiger partial charge is 0.185 e. The second kappa shape index (κ2) is 4.77. The molecule has 1 aromatic rings. The van der Waals surface area contributed by atoms with E-state index in [0.29, 0.717) is 5.92 Å². The molecule has 0 spiro atoms. The van der Waals surface area contributed by atoms with E-state index < -0.39 is 11.9 Å². The van der Waals surface area contributed by atoms with E-state index in [1.807, 2.05) is 18.2 Å². The summed E-state index contributed by atoms with van der Waals surface area (Å²) in [5.41, 5.74) is 0.341. The number of benzene rings is 1. The van der Waals surface area contributed by atoms with Gasteiger partial charge in [-0.3, -0.25) is 0 Å². The maximum atomic E-state index is 10.5. The summed E-state index contributed by atoms with van der Waals surface area (Å²) < 4.78 is 10.4. The third-order valence-corrected chi connectivity index (χ3v) is 3.67. The molecule has 0 aliphatic heterocycles. The van der Waals surface area contributed by atoms with E-state index in [0.717, 1.165) is 6.42 Å². The first-order valence-corrected chi connectivity index (χ1v) is 5.94. The molecular weight excluding hydrogens is 216 g/mol. The first-order valence-electron chi connectivity index (χ1n) is 5.94. The van der Waals surface area contributed by atoms with Gasteiger partial charge in [-0.15, -0.1) is 0 Å². The molecule has 0 bridgehead atoms. The molecule has 94 valence electrons. The van der Waals surface area contributed by atoms with Crippen LogP contribution in [0.15, 0.2) is 30.3 Å². The van der Waals surface area contributed by atoms with Gasteiger partial charge in [0.2, 0.25) is 0 Å². The molecule has 17 heavy (non-hydrogen) atoms. The summed E-state index contributed by atoms with van der Waals surface area (Å²) in [5, 5.41) is 10.5. The minimum Gasteiger partial charge on any atom is -0.385 e. The quantitative estimate of drug-likeness (QED) is 0.796. The van der Waals surface area contributed by atoms with Crippen LogP contribution in [0.3, 0.4) is 0 Å². The second-order valence-corrected chi connectivity index (χ2v) is 4.89. The minimum absolute atomic E-state index is 0.204. The lowest BCUT2D eigenvalue weighted by Gasteiger charge is -2.31. The summed E-state index contributed by atoms with van der Waals surface area (Å²) in [7, 11) is 3.12. The maximum absolute atomic E-state index is 10.5. The maximum Gasteiger partial charge on any atom is 0.185 e. The molecule has 0 heterocycles. The highest BCUT2D eigenvalue weighted by atomic mass is 16.7. The Balaban J connectivity index is 2.07. The van der Waals surface area contributed by atoms with Gasteiger partial charge in [-0.25, -0.2) is 0 Å². The normalized spacial score (nSPS) is 26.9. The van der Waals surface area contributed by atoms with Crippen molar-refractivity contribution in [3.63, 3.8) is 0 Å². The van der Waals surface area contributed by atoms with Crippen LogP contribution in [-0.4, -0.2) is 31.2 Å². The Hall–Kier alpha value is -0.900. The van der Waals surface area contributed by atoms with Crippen LogP contribution < -0.4 is 0 Å². The summed E-state index contributed by atoms with van der Waals surface area (Å²) in [6, 6.07) is 10.3. The van der Waals surface area contributed by atoms with Crippen molar-refractivity contribution in [3.8, 4) is 0 Å². The lowest BCUT2D eigenvalue weighted by molar-refractivity contribution is -0.216. The molecule has 0 aromatic heterocycles. The third-order valence-electron chi connectivity index (χ3n) is 3.67. The predicted octanol–water partition coefficient (Wildman–Crippen LogP) is 2.16. The van der Waals surface area contributed by atoms with Crippen LogP contribution in [0.2, 0.25) is 0 Å². The highest BCUT2D eigenvalue weighted by Crippen LogP contribution is 2.54. The van der Waals surface area contributed by atoms with Crippen molar-refractivity contribution in [3.05, 3.63) is 35.9 Å². The van der Waals surface area contributed by atoms with Crippen molar-refractivity contribution in [2.75, 3.05) is 14.2 Å². The Morgan fingerprint density at radius 2 is 1.82 bits per heavy atom. The Kier molecular flexibility index (Phi) is 3.52. The summed E-state index contributed by atoms with van der Waals surface area (Å²) >= 11 is 0. The highest BCUT2D eigenvalue weighted by molar-refractivity contribution is 5.27. The zero-order valence-corrected chi connectivity index (χ0v) is 10.6. The molecular formula is C14H20O3. The van der Waals surface area contributed by atoms with E-state index in [1.165, 1.54) is 5.56 Å². The largest absolute Gasteiger partial charge is 0.385 e. The number of methoxy groups -OCH3 is 2. The minimum atomic E-state index is -0.940. The fraction of sp³-hybridized carbons (Fsp3) is 0.571. The monoisotopic (exact) mass is 236 g/mol. The van der Waals surface area contributed by atoms with E-state index in [1.54, 1.807) is 21.1 Å². The lowest BCUT2D eigenvalue weighted by Crippen LogP contribution is -2.44. The predicted molar refractivity (Wildman–Crippen MR) is 65.7 cm³/mol. The van der Waals surface area contributed by atoms with E-state index in [9.17, 15) is 5.11 Å². The molecule has 1 saturated carbocycles. The van der Waals surface area contributed by atoms with Crippen LogP contribution in [0.5, 0.6) is 0 Å². The average Bonchev–Trinajstić information content (AvgIpc) is 3.12. The third kappa shape index (κ3) is 2.37. The number of rotatable bonds is 5. The van der Waals surface area contributed by atoms with Crippen LogP contribution in [-0.2, 0) is 9.47 Å². The van der Waals surface area contributed by atoms with Gasteiger partial charge in [-0.05, 0) is 30.7 Å². The van der Waals surface area contributed by atoms with Gasteiger partial charge in [0.05, 0.1) is 0 Å². The summed E-state index contributed by atoms with van der Waals surface area (Å²) in [6.45, 7) is 1.79. The topological polar surface area (TPSA) is 38.7 Å². The molecule has 3 nitrogen and oxygen atoms in total. The van der Waals surface area contributed by atoms with Gasteiger partial charge in [0, 0.05) is 14.2 Å². The molecule has 1 aromatic carbocycles. The van der Waals surface area contributed by atoms with Crippen molar-refractivity contribution in [1.29, 1.82) is 0 Å². The van der Waals surface area contributed by atoms with Gasteiger partial charge in [0.25, 0.3) is 0 Å². The van der Waals surface area contributed by atoms with Crippen LogP contribution in [0, 0.1) is 5.92 Å². The molecule has 1 aliphatic rings. The number of hydrogen-bond acceptors (Lipinski definition) is 3. The van der Waals surface area contributed by atoms with Gasteiger partial charge in [-0.2, -0.15) is 0 Å². The molecule has 2 rings (SSSR count). The first-order chi connectivity index (χ1) is 8.11. The Bertz CT molecular complexity index is 357. The van der Waals surface area contributed by atoms with Gasteiger partial charge >= 0.3 is 0 Å². The molecule has 3 unspecified atom stereocenters. The molecule has 0 saturated heterocycles. The Morgan fingerprint density at radius 1 is 1.24 bits per heavy atom.